The lowest BCUT2D eigenvalue weighted by molar-refractivity contribution is 0.564. The third kappa shape index (κ3) is 4.08. The summed E-state index contributed by atoms with van der Waals surface area (Å²) in [6.45, 7) is 0. The Kier molecular flexibility index (Phi) is 5.24. The molecule has 0 saturated carbocycles. The first-order chi connectivity index (χ1) is 10.3. The summed E-state index contributed by atoms with van der Waals surface area (Å²) in [5, 5.41) is 0. The maximum absolute atomic E-state index is 12.3. The number of hydrogen-bond acceptors (Lipinski definition) is 4. The number of hydrogen-bond donors (Lipinski definition) is 2. The Morgan fingerprint density at radius 1 is 1.18 bits per heavy atom. The van der Waals surface area contributed by atoms with E-state index in [1.165, 1.54) is 48.7 Å². The molecule has 22 heavy (non-hydrogen) atoms. The fourth-order valence-electron chi connectivity index (χ4n) is 1.70. The highest BCUT2D eigenvalue weighted by molar-refractivity contribution is 7.93. The van der Waals surface area contributed by atoms with Crippen molar-refractivity contribution in [3.63, 3.8) is 0 Å². The zero-order valence-corrected chi connectivity index (χ0v) is 13.9. The van der Waals surface area contributed by atoms with E-state index in [1.54, 1.807) is 6.07 Å². The smallest absolute Gasteiger partial charge is 0.262 e. The number of benzene rings is 2. The fourth-order valence-corrected chi connectivity index (χ4v) is 3.86. The van der Waals surface area contributed by atoms with Crippen molar-refractivity contribution in [2.24, 2.45) is 0 Å². The SMILES string of the molecule is C[S+]([O-])c1cccc(S(=O)(=O)Nc2cccc(S(=O)O)c2)c1. The number of anilines is 1. The van der Waals surface area contributed by atoms with Gasteiger partial charge in [0.2, 0.25) is 0 Å². The van der Waals surface area contributed by atoms with Crippen LogP contribution in [0.4, 0.5) is 5.69 Å². The lowest BCUT2D eigenvalue weighted by Crippen LogP contribution is -2.13. The van der Waals surface area contributed by atoms with Crippen LogP contribution >= 0.6 is 0 Å². The van der Waals surface area contributed by atoms with E-state index in [2.05, 4.69) is 4.72 Å². The maximum Gasteiger partial charge on any atom is 0.262 e. The van der Waals surface area contributed by atoms with Gasteiger partial charge in [0, 0.05) is 6.07 Å². The second-order valence-corrected chi connectivity index (χ2v) is 8.34. The molecule has 0 fully saturated rings. The third-order valence-corrected chi connectivity index (χ3v) is 5.69. The zero-order valence-electron chi connectivity index (χ0n) is 11.4. The molecule has 0 aliphatic carbocycles. The Labute approximate surface area is 134 Å². The molecular weight excluding hydrogens is 346 g/mol. The lowest BCUT2D eigenvalue weighted by atomic mass is 10.3. The van der Waals surface area contributed by atoms with Crippen LogP contribution in [0.15, 0.2) is 63.2 Å². The summed E-state index contributed by atoms with van der Waals surface area (Å²) >= 11 is -3.49. The van der Waals surface area contributed by atoms with E-state index in [0.29, 0.717) is 4.90 Å². The average Bonchev–Trinajstić information content (AvgIpc) is 2.47. The molecule has 0 spiro atoms. The third-order valence-electron chi connectivity index (χ3n) is 2.74. The van der Waals surface area contributed by atoms with Gasteiger partial charge in [-0.05, 0) is 41.5 Å². The van der Waals surface area contributed by atoms with E-state index in [4.69, 9.17) is 4.55 Å². The van der Waals surface area contributed by atoms with Crippen molar-refractivity contribution in [2.45, 2.75) is 14.7 Å². The molecule has 2 aromatic rings. The molecule has 118 valence electrons. The first-order valence-electron chi connectivity index (χ1n) is 5.97. The van der Waals surface area contributed by atoms with Gasteiger partial charge in [-0.15, -0.1) is 0 Å². The second-order valence-electron chi connectivity index (χ2n) is 4.31. The van der Waals surface area contributed by atoms with Crippen molar-refractivity contribution >= 4 is 38.0 Å². The Morgan fingerprint density at radius 2 is 1.86 bits per heavy atom. The average molecular weight is 359 g/mol. The van der Waals surface area contributed by atoms with Crippen molar-refractivity contribution in [1.82, 2.24) is 0 Å². The molecule has 0 amide bonds. The van der Waals surface area contributed by atoms with E-state index in [0.717, 1.165) is 0 Å². The van der Waals surface area contributed by atoms with Gasteiger partial charge in [-0.2, -0.15) is 0 Å². The summed E-state index contributed by atoms with van der Waals surface area (Å²) < 4.78 is 58.4. The van der Waals surface area contributed by atoms with Gasteiger partial charge in [0.15, 0.2) is 16.0 Å². The highest BCUT2D eigenvalue weighted by Crippen LogP contribution is 2.20. The van der Waals surface area contributed by atoms with Gasteiger partial charge in [0.05, 0.1) is 15.5 Å². The topological polar surface area (TPSA) is 107 Å². The molecule has 2 N–H and O–H groups in total. The van der Waals surface area contributed by atoms with Gasteiger partial charge in [-0.25, -0.2) is 12.6 Å². The fraction of sp³-hybridized carbons (Fsp3) is 0.0769. The molecule has 0 aromatic heterocycles. The number of rotatable bonds is 5. The van der Waals surface area contributed by atoms with Crippen molar-refractivity contribution < 1.29 is 21.7 Å². The maximum atomic E-state index is 12.3. The predicted molar refractivity (Wildman–Crippen MR) is 85.1 cm³/mol. The monoisotopic (exact) mass is 359 g/mol. The minimum absolute atomic E-state index is 0.0317. The molecule has 2 unspecified atom stereocenters. The van der Waals surface area contributed by atoms with Crippen molar-refractivity contribution in [2.75, 3.05) is 11.0 Å². The van der Waals surface area contributed by atoms with Crippen LogP contribution in [0.3, 0.4) is 0 Å². The molecule has 0 aliphatic rings. The van der Waals surface area contributed by atoms with Crippen molar-refractivity contribution in [3.8, 4) is 0 Å². The van der Waals surface area contributed by atoms with Gasteiger partial charge in [0.25, 0.3) is 10.0 Å². The minimum Gasteiger partial charge on any atom is -0.612 e. The molecular formula is C13H13NO5S3. The quantitative estimate of drug-likeness (QED) is 0.625. The second kappa shape index (κ2) is 6.80. The van der Waals surface area contributed by atoms with Gasteiger partial charge < -0.3 is 9.11 Å². The predicted octanol–water partition coefficient (Wildman–Crippen LogP) is 1.81. The van der Waals surface area contributed by atoms with Crippen LogP contribution in [-0.2, 0) is 32.3 Å². The Balaban J connectivity index is 2.33. The first-order valence-corrected chi connectivity index (χ1v) is 10.1. The minimum atomic E-state index is -3.88. The Bertz CT molecular complexity index is 805. The van der Waals surface area contributed by atoms with E-state index >= 15 is 0 Å². The van der Waals surface area contributed by atoms with Gasteiger partial charge in [-0.3, -0.25) is 4.72 Å². The van der Waals surface area contributed by atoms with Crippen LogP contribution in [0.1, 0.15) is 0 Å². The molecule has 9 heteroatoms. The van der Waals surface area contributed by atoms with E-state index in [-0.39, 0.29) is 15.5 Å². The van der Waals surface area contributed by atoms with Crippen molar-refractivity contribution in [3.05, 3.63) is 48.5 Å². The van der Waals surface area contributed by atoms with Crippen LogP contribution in [0.5, 0.6) is 0 Å². The summed E-state index contributed by atoms with van der Waals surface area (Å²) in [7, 11) is -3.88. The van der Waals surface area contributed by atoms with Crippen LogP contribution in [0, 0.1) is 0 Å². The standard InChI is InChI=1S/C13H13NO5S3/c1-20(15)11-5-3-7-13(9-11)22(18,19)14-10-4-2-6-12(8-10)21(16)17/h2-9,14H,1H3,(H,16,17). The van der Waals surface area contributed by atoms with Crippen LogP contribution in [0.25, 0.3) is 0 Å². The zero-order chi connectivity index (χ0) is 16.3. The van der Waals surface area contributed by atoms with E-state index in [1.807, 2.05) is 0 Å². The van der Waals surface area contributed by atoms with Gasteiger partial charge in [0.1, 0.15) is 6.26 Å². The summed E-state index contributed by atoms with van der Waals surface area (Å²) in [4.78, 5) is 0.451. The van der Waals surface area contributed by atoms with E-state index in [9.17, 15) is 17.2 Å². The normalized spacial score (nSPS) is 14.3. The highest BCUT2D eigenvalue weighted by Gasteiger charge is 2.17. The van der Waals surface area contributed by atoms with Gasteiger partial charge >= 0.3 is 0 Å². The van der Waals surface area contributed by atoms with Crippen LogP contribution < -0.4 is 4.72 Å². The van der Waals surface area contributed by atoms with Crippen LogP contribution in [-0.4, -0.2) is 28.0 Å². The molecule has 2 atom stereocenters. The number of sulfonamides is 1. The van der Waals surface area contributed by atoms with Crippen molar-refractivity contribution in [1.29, 1.82) is 0 Å². The summed E-state index contributed by atoms with van der Waals surface area (Å²) in [6.07, 6.45) is 1.46. The molecule has 0 bridgehead atoms. The summed E-state index contributed by atoms with van der Waals surface area (Å²) in [6, 6.07) is 11.4. The highest BCUT2D eigenvalue weighted by atomic mass is 32.2. The van der Waals surface area contributed by atoms with E-state index < -0.39 is 32.3 Å². The first kappa shape index (κ1) is 17.0. The lowest BCUT2D eigenvalue weighted by Gasteiger charge is -2.10. The molecule has 2 rings (SSSR count). The molecule has 0 saturated heterocycles. The van der Waals surface area contributed by atoms with Gasteiger partial charge in [-0.1, -0.05) is 12.1 Å². The Hall–Kier alpha value is -1.39. The largest absolute Gasteiger partial charge is 0.612 e. The van der Waals surface area contributed by atoms with Crippen LogP contribution in [0.2, 0.25) is 0 Å². The Morgan fingerprint density at radius 3 is 2.50 bits per heavy atom. The number of nitrogens with one attached hydrogen (secondary N) is 1. The summed E-state index contributed by atoms with van der Waals surface area (Å²) in [5.74, 6) is 0. The molecule has 6 nitrogen and oxygen atoms in total. The molecule has 0 radical (unpaired) electrons. The molecule has 0 aliphatic heterocycles. The summed E-state index contributed by atoms with van der Waals surface area (Å²) in [5.41, 5.74) is 0.169. The molecule has 2 aromatic carbocycles. The molecule has 0 heterocycles.